The van der Waals surface area contributed by atoms with E-state index in [9.17, 15) is 4.79 Å². The van der Waals surface area contributed by atoms with Gasteiger partial charge in [-0.2, -0.15) is 0 Å². The van der Waals surface area contributed by atoms with E-state index >= 15 is 0 Å². The molecule has 3 heterocycles. The molecule has 2 aliphatic heterocycles. The van der Waals surface area contributed by atoms with Crippen LogP contribution in [-0.4, -0.2) is 49.9 Å². The van der Waals surface area contributed by atoms with Gasteiger partial charge in [-0.15, -0.1) is 0 Å². The molecule has 7 nitrogen and oxygen atoms in total. The Bertz CT molecular complexity index is 1120. The number of fused-ring (bicyclic) bond motifs is 2. The van der Waals surface area contributed by atoms with Gasteiger partial charge in [0.25, 0.3) is 0 Å². The van der Waals surface area contributed by atoms with Gasteiger partial charge in [-0.05, 0) is 41.5 Å². The minimum Gasteiger partial charge on any atom is -0.497 e. The molecule has 0 amide bonds. The summed E-state index contributed by atoms with van der Waals surface area (Å²) < 4.78 is 21.6. The monoisotopic (exact) mass is 408 g/mol. The predicted octanol–water partition coefficient (Wildman–Crippen LogP) is 2.85. The van der Waals surface area contributed by atoms with Crippen LogP contribution in [0.25, 0.3) is 11.0 Å². The Labute approximate surface area is 174 Å². The number of piperazine rings is 1. The van der Waals surface area contributed by atoms with E-state index in [4.69, 9.17) is 18.6 Å². The maximum atomic E-state index is 12.0. The first-order valence-corrected chi connectivity index (χ1v) is 10.1. The van der Waals surface area contributed by atoms with E-state index in [1.807, 2.05) is 18.2 Å². The molecule has 2 aromatic carbocycles. The second-order valence-corrected chi connectivity index (χ2v) is 7.69. The third-order valence-electron chi connectivity index (χ3n) is 5.74. The lowest BCUT2D eigenvalue weighted by molar-refractivity contribution is 0.122. The molecule has 0 spiro atoms. The Kier molecular flexibility index (Phi) is 5.06. The molecule has 0 saturated carbocycles. The van der Waals surface area contributed by atoms with Gasteiger partial charge < -0.3 is 18.6 Å². The van der Waals surface area contributed by atoms with Gasteiger partial charge in [-0.1, -0.05) is 6.07 Å². The lowest BCUT2D eigenvalue weighted by atomic mass is 10.1. The molecule has 1 aromatic heterocycles. The zero-order valence-corrected chi connectivity index (χ0v) is 16.9. The van der Waals surface area contributed by atoms with Crippen LogP contribution in [0.4, 0.5) is 0 Å². The fraction of sp³-hybridized carbons (Fsp3) is 0.348. The summed E-state index contributed by atoms with van der Waals surface area (Å²) in [6.45, 7) is 5.73. The van der Waals surface area contributed by atoms with E-state index in [1.54, 1.807) is 19.2 Å². The minimum absolute atomic E-state index is 0.301. The van der Waals surface area contributed by atoms with Gasteiger partial charge in [-0.25, -0.2) is 4.79 Å². The Morgan fingerprint density at radius 2 is 1.67 bits per heavy atom. The minimum atomic E-state index is -0.316. The van der Waals surface area contributed by atoms with Crippen molar-refractivity contribution in [2.24, 2.45) is 0 Å². The molecule has 30 heavy (non-hydrogen) atoms. The van der Waals surface area contributed by atoms with E-state index in [-0.39, 0.29) is 5.63 Å². The van der Waals surface area contributed by atoms with Gasteiger partial charge in [0.1, 0.15) is 11.3 Å². The fourth-order valence-electron chi connectivity index (χ4n) is 4.11. The second-order valence-electron chi connectivity index (χ2n) is 7.69. The number of ether oxygens (including phenoxy) is 3. The Morgan fingerprint density at radius 3 is 2.47 bits per heavy atom. The predicted molar refractivity (Wildman–Crippen MR) is 112 cm³/mol. The molecule has 2 aliphatic rings. The van der Waals surface area contributed by atoms with E-state index in [2.05, 4.69) is 21.9 Å². The summed E-state index contributed by atoms with van der Waals surface area (Å²) in [4.78, 5) is 16.8. The van der Waals surface area contributed by atoms with Gasteiger partial charge in [0, 0.05) is 50.7 Å². The average molecular weight is 408 g/mol. The van der Waals surface area contributed by atoms with Crippen molar-refractivity contribution in [3.63, 3.8) is 0 Å². The molecule has 5 rings (SSSR count). The van der Waals surface area contributed by atoms with Gasteiger partial charge in [-0.3, -0.25) is 9.80 Å². The van der Waals surface area contributed by atoms with Crippen LogP contribution in [0.1, 0.15) is 11.1 Å². The van der Waals surface area contributed by atoms with Crippen molar-refractivity contribution in [3.8, 4) is 17.2 Å². The normalized spacial score (nSPS) is 16.8. The first kappa shape index (κ1) is 19.0. The van der Waals surface area contributed by atoms with Crippen molar-refractivity contribution >= 4 is 11.0 Å². The highest BCUT2D eigenvalue weighted by Gasteiger charge is 2.20. The van der Waals surface area contributed by atoms with Crippen LogP contribution in [-0.2, 0) is 13.1 Å². The molecular weight excluding hydrogens is 384 g/mol. The van der Waals surface area contributed by atoms with E-state index in [0.29, 0.717) is 18.9 Å². The highest BCUT2D eigenvalue weighted by Crippen LogP contribution is 2.33. The quantitative estimate of drug-likeness (QED) is 0.602. The second kappa shape index (κ2) is 8.01. The molecule has 0 N–H and O–H groups in total. The zero-order valence-electron chi connectivity index (χ0n) is 16.9. The highest BCUT2D eigenvalue weighted by atomic mass is 16.7. The summed E-state index contributed by atoms with van der Waals surface area (Å²) in [7, 11) is 1.64. The van der Waals surface area contributed by atoms with Crippen LogP contribution < -0.4 is 19.8 Å². The summed E-state index contributed by atoms with van der Waals surface area (Å²) in [5.41, 5.74) is 2.49. The third-order valence-corrected chi connectivity index (χ3v) is 5.74. The van der Waals surface area contributed by atoms with E-state index in [0.717, 1.165) is 60.9 Å². The third kappa shape index (κ3) is 3.86. The number of methoxy groups -OCH3 is 1. The van der Waals surface area contributed by atoms with Crippen LogP contribution in [0.15, 0.2) is 51.7 Å². The van der Waals surface area contributed by atoms with Crippen LogP contribution >= 0.6 is 0 Å². The van der Waals surface area contributed by atoms with Gasteiger partial charge in [0.05, 0.1) is 7.11 Å². The summed E-state index contributed by atoms with van der Waals surface area (Å²) in [5.74, 6) is 2.40. The Hall–Kier alpha value is -3.03. The summed E-state index contributed by atoms with van der Waals surface area (Å²) in [5, 5.41) is 0.928. The highest BCUT2D eigenvalue weighted by molar-refractivity contribution is 5.81. The standard InChI is InChI=1S/C23H24N2O5/c1-27-18-3-5-20-19(12-18)17(11-23(26)30-20)14-25-8-6-24(7-9-25)13-16-2-4-21-22(10-16)29-15-28-21/h2-5,10-12H,6-9,13-15H2,1H3. The molecule has 0 unspecified atom stereocenters. The average Bonchev–Trinajstić information content (AvgIpc) is 3.23. The lowest BCUT2D eigenvalue weighted by Gasteiger charge is -2.34. The molecule has 0 radical (unpaired) electrons. The fourth-order valence-corrected chi connectivity index (χ4v) is 4.11. The van der Waals surface area contributed by atoms with Gasteiger partial charge in [0.15, 0.2) is 11.5 Å². The van der Waals surface area contributed by atoms with Crippen molar-refractivity contribution in [3.05, 3.63) is 64.0 Å². The molecule has 1 saturated heterocycles. The molecule has 3 aromatic rings. The molecular formula is C23H24N2O5. The number of rotatable bonds is 5. The first-order valence-electron chi connectivity index (χ1n) is 10.1. The van der Waals surface area contributed by atoms with Crippen molar-refractivity contribution in [1.29, 1.82) is 0 Å². The van der Waals surface area contributed by atoms with Crippen LogP contribution in [0.5, 0.6) is 17.2 Å². The largest absolute Gasteiger partial charge is 0.497 e. The summed E-state index contributed by atoms with van der Waals surface area (Å²) in [6, 6.07) is 13.3. The van der Waals surface area contributed by atoms with Crippen molar-refractivity contribution in [2.45, 2.75) is 13.1 Å². The first-order chi connectivity index (χ1) is 14.7. The lowest BCUT2D eigenvalue weighted by Crippen LogP contribution is -2.45. The van der Waals surface area contributed by atoms with Crippen LogP contribution in [0.2, 0.25) is 0 Å². The molecule has 1 fully saturated rings. The van der Waals surface area contributed by atoms with Crippen LogP contribution in [0.3, 0.4) is 0 Å². The number of hydrogen-bond acceptors (Lipinski definition) is 7. The molecule has 156 valence electrons. The zero-order chi connectivity index (χ0) is 20.5. The van der Waals surface area contributed by atoms with Crippen molar-refractivity contribution < 1.29 is 18.6 Å². The SMILES string of the molecule is COc1ccc2oc(=O)cc(CN3CCN(Cc4ccc5c(c4)OCO5)CC3)c2c1. The van der Waals surface area contributed by atoms with Gasteiger partial charge >= 0.3 is 5.63 Å². The summed E-state index contributed by atoms with van der Waals surface area (Å²) in [6.07, 6.45) is 0. The number of benzene rings is 2. The molecule has 0 aliphatic carbocycles. The summed E-state index contributed by atoms with van der Waals surface area (Å²) >= 11 is 0. The Morgan fingerprint density at radius 1 is 0.900 bits per heavy atom. The number of nitrogens with zero attached hydrogens (tertiary/aromatic N) is 2. The molecule has 7 heteroatoms. The van der Waals surface area contributed by atoms with Crippen LogP contribution in [0, 0.1) is 0 Å². The van der Waals surface area contributed by atoms with E-state index in [1.165, 1.54) is 5.56 Å². The maximum absolute atomic E-state index is 12.0. The Balaban J connectivity index is 1.25. The number of hydrogen-bond donors (Lipinski definition) is 0. The van der Waals surface area contributed by atoms with Crippen molar-refractivity contribution in [2.75, 3.05) is 40.1 Å². The van der Waals surface area contributed by atoms with Gasteiger partial charge in [0.2, 0.25) is 6.79 Å². The van der Waals surface area contributed by atoms with Crippen molar-refractivity contribution in [1.82, 2.24) is 9.80 Å². The molecule has 0 atom stereocenters. The smallest absolute Gasteiger partial charge is 0.336 e. The molecule has 0 bridgehead atoms. The maximum Gasteiger partial charge on any atom is 0.336 e. The van der Waals surface area contributed by atoms with E-state index < -0.39 is 0 Å². The topological polar surface area (TPSA) is 64.4 Å².